The lowest BCUT2D eigenvalue weighted by Crippen LogP contribution is -2.28. The molecule has 21 heavy (non-hydrogen) atoms. The van der Waals surface area contributed by atoms with Crippen LogP contribution in [0.5, 0.6) is 0 Å². The average Bonchev–Trinajstić information content (AvgIpc) is 2.50. The molecule has 124 valence electrons. The second-order valence-electron chi connectivity index (χ2n) is 5.31. The molecule has 0 aliphatic rings. The van der Waals surface area contributed by atoms with Crippen molar-refractivity contribution in [2.75, 3.05) is 14.2 Å². The number of unbranched alkanes of at least 4 members (excludes halogenated alkanes) is 6. The van der Waals surface area contributed by atoms with Crippen molar-refractivity contribution in [2.45, 2.75) is 70.4 Å². The lowest BCUT2D eigenvalue weighted by Gasteiger charge is -2.20. The van der Waals surface area contributed by atoms with Gasteiger partial charge >= 0.3 is 15.3 Å². The third kappa shape index (κ3) is 11.7. The molecule has 0 rings (SSSR count). The number of hydrogen-bond donors (Lipinski definition) is 0. The Morgan fingerprint density at radius 2 is 1.67 bits per heavy atom. The third-order valence-corrected chi connectivity index (χ3v) is 5.52. The Balaban J connectivity index is 3.97. The molecule has 0 aromatic carbocycles. The van der Waals surface area contributed by atoms with Crippen LogP contribution in [0.1, 0.15) is 58.3 Å². The summed E-state index contributed by atoms with van der Waals surface area (Å²) in [6, 6.07) is 0.697. The largest absolute Gasteiger partial charge is 0.459 e. The summed E-state index contributed by atoms with van der Waals surface area (Å²) in [7, 11) is 1.60. The molecule has 4 nitrogen and oxygen atoms in total. The summed E-state index contributed by atoms with van der Waals surface area (Å²) >= 11 is 0. The third-order valence-electron chi connectivity index (χ3n) is 3.56. The van der Waals surface area contributed by atoms with E-state index in [1.165, 1.54) is 44.6 Å². The molecule has 0 aromatic heterocycles. The van der Waals surface area contributed by atoms with E-state index in [2.05, 4.69) is 13.5 Å². The van der Waals surface area contributed by atoms with Crippen LogP contribution in [-0.4, -0.2) is 35.6 Å². The van der Waals surface area contributed by atoms with Gasteiger partial charge in [-0.15, -0.1) is 0 Å². The van der Waals surface area contributed by atoms with Gasteiger partial charge in [0.15, 0.2) is 0 Å². The smallest absolute Gasteiger partial charge is 0.330 e. The van der Waals surface area contributed by atoms with Crippen molar-refractivity contribution in [1.82, 2.24) is 0 Å². The molecule has 0 aromatic rings. The van der Waals surface area contributed by atoms with Gasteiger partial charge in [-0.2, -0.15) is 0 Å². The maximum Gasteiger partial charge on any atom is 0.330 e. The van der Waals surface area contributed by atoms with Crippen LogP contribution >= 0.6 is 0 Å². The first-order valence-corrected chi connectivity index (χ1v) is 9.82. The zero-order chi connectivity index (χ0) is 15.9. The summed E-state index contributed by atoms with van der Waals surface area (Å²) in [5.74, 6) is -0.358. The van der Waals surface area contributed by atoms with E-state index in [1.807, 2.05) is 0 Å². The Kier molecular flexibility index (Phi) is 13.8. The molecular formula is C16H32O4Si. The van der Waals surface area contributed by atoms with Gasteiger partial charge in [0.2, 0.25) is 0 Å². The summed E-state index contributed by atoms with van der Waals surface area (Å²) < 4.78 is 16.0. The van der Waals surface area contributed by atoms with Gasteiger partial charge < -0.3 is 13.6 Å². The fraction of sp³-hybridized carbons (Fsp3) is 0.812. The van der Waals surface area contributed by atoms with E-state index < -0.39 is 9.28 Å². The number of carbonyl (C=O) groups excluding carboxylic acids is 1. The Bertz CT molecular complexity index is 267. The molecule has 5 heteroatoms. The van der Waals surface area contributed by atoms with Crippen LogP contribution in [0, 0.1) is 0 Å². The van der Waals surface area contributed by atoms with Crippen LogP contribution in [0.25, 0.3) is 0 Å². The van der Waals surface area contributed by atoms with E-state index in [9.17, 15) is 4.79 Å². The predicted molar refractivity (Wildman–Crippen MR) is 88.7 cm³/mol. The van der Waals surface area contributed by atoms with Crippen LogP contribution in [0.4, 0.5) is 0 Å². The summed E-state index contributed by atoms with van der Waals surface area (Å²) in [4.78, 5) is 11.4. The first-order valence-electron chi connectivity index (χ1n) is 8.06. The maximum absolute atomic E-state index is 11.4. The SMILES string of the molecule is C=CC(=O)OC(CCCCCCCCC)C[SiH](OC)OC. The molecule has 0 radical (unpaired) electrons. The molecule has 0 heterocycles. The highest BCUT2D eigenvalue weighted by molar-refractivity contribution is 6.44. The quantitative estimate of drug-likeness (QED) is 0.212. The van der Waals surface area contributed by atoms with E-state index >= 15 is 0 Å². The predicted octanol–water partition coefficient (Wildman–Crippen LogP) is 3.74. The van der Waals surface area contributed by atoms with Gasteiger partial charge in [0.1, 0.15) is 6.10 Å². The summed E-state index contributed by atoms with van der Waals surface area (Å²) in [6.07, 6.45) is 10.8. The van der Waals surface area contributed by atoms with Crippen molar-refractivity contribution in [3.63, 3.8) is 0 Å². The Morgan fingerprint density at radius 3 is 2.19 bits per heavy atom. The molecular weight excluding hydrogens is 284 g/mol. The maximum atomic E-state index is 11.4. The molecule has 0 bridgehead atoms. The van der Waals surface area contributed by atoms with Crippen LogP contribution in [-0.2, 0) is 18.4 Å². The van der Waals surface area contributed by atoms with Crippen LogP contribution in [0.15, 0.2) is 12.7 Å². The van der Waals surface area contributed by atoms with Crippen LogP contribution in [0.2, 0.25) is 6.04 Å². The van der Waals surface area contributed by atoms with Gasteiger partial charge in [0, 0.05) is 26.3 Å². The second-order valence-corrected chi connectivity index (χ2v) is 7.58. The minimum absolute atomic E-state index is 0.109. The fourth-order valence-electron chi connectivity index (χ4n) is 2.27. The first kappa shape index (κ1) is 20.3. The topological polar surface area (TPSA) is 44.8 Å². The van der Waals surface area contributed by atoms with E-state index in [0.717, 1.165) is 12.8 Å². The van der Waals surface area contributed by atoms with Crippen LogP contribution < -0.4 is 0 Å². The summed E-state index contributed by atoms with van der Waals surface area (Å²) in [5, 5.41) is 0. The molecule has 0 spiro atoms. The molecule has 0 saturated heterocycles. The molecule has 1 atom stereocenters. The highest BCUT2D eigenvalue weighted by Gasteiger charge is 2.20. The number of rotatable bonds is 14. The summed E-state index contributed by atoms with van der Waals surface area (Å²) in [5.41, 5.74) is 0. The monoisotopic (exact) mass is 316 g/mol. The normalized spacial score (nSPS) is 12.4. The number of hydrogen-bond acceptors (Lipinski definition) is 4. The number of carbonyl (C=O) groups is 1. The molecule has 0 aliphatic carbocycles. The summed E-state index contributed by atoms with van der Waals surface area (Å²) in [6.45, 7) is 5.67. The lowest BCUT2D eigenvalue weighted by molar-refractivity contribution is -0.142. The van der Waals surface area contributed by atoms with Gasteiger partial charge in [0.05, 0.1) is 0 Å². The van der Waals surface area contributed by atoms with E-state index in [-0.39, 0.29) is 12.1 Å². The van der Waals surface area contributed by atoms with Crippen molar-refractivity contribution in [2.24, 2.45) is 0 Å². The zero-order valence-electron chi connectivity index (χ0n) is 13.9. The van der Waals surface area contributed by atoms with E-state index in [1.54, 1.807) is 14.2 Å². The first-order chi connectivity index (χ1) is 10.2. The Hall–Kier alpha value is -0.653. The molecule has 0 N–H and O–H groups in total. The Morgan fingerprint density at radius 1 is 1.10 bits per heavy atom. The van der Waals surface area contributed by atoms with Crippen molar-refractivity contribution in [3.8, 4) is 0 Å². The van der Waals surface area contributed by atoms with Gasteiger partial charge in [-0.05, 0) is 12.8 Å². The van der Waals surface area contributed by atoms with Crippen LogP contribution in [0.3, 0.4) is 0 Å². The minimum atomic E-state index is -1.71. The van der Waals surface area contributed by atoms with Crippen molar-refractivity contribution < 1.29 is 18.4 Å². The molecule has 1 unspecified atom stereocenters. The molecule has 0 amide bonds. The molecule has 0 fully saturated rings. The fourth-order valence-corrected chi connectivity index (χ4v) is 3.61. The minimum Gasteiger partial charge on any atom is -0.459 e. The van der Waals surface area contributed by atoms with Gasteiger partial charge in [-0.3, -0.25) is 0 Å². The highest BCUT2D eigenvalue weighted by Crippen LogP contribution is 2.16. The zero-order valence-corrected chi connectivity index (χ0v) is 15.1. The van der Waals surface area contributed by atoms with Gasteiger partial charge in [-0.25, -0.2) is 4.79 Å². The van der Waals surface area contributed by atoms with Gasteiger partial charge in [0.25, 0.3) is 0 Å². The molecule has 0 saturated carbocycles. The highest BCUT2D eigenvalue weighted by atomic mass is 28.3. The average molecular weight is 317 g/mol. The van der Waals surface area contributed by atoms with E-state index in [4.69, 9.17) is 13.6 Å². The standard InChI is InChI=1S/C16H32O4Si/c1-5-7-8-9-10-11-12-13-15(20-16(17)6-2)14-21(18-3)19-4/h6,15,21H,2,5,7-14H2,1,3-4H3. The Labute approximate surface area is 131 Å². The lowest BCUT2D eigenvalue weighted by atomic mass is 10.1. The van der Waals surface area contributed by atoms with Crippen molar-refractivity contribution >= 4 is 15.3 Å². The van der Waals surface area contributed by atoms with Crippen molar-refractivity contribution in [3.05, 3.63) is 12.7 Å². The second kappa shape index (κ2) is 14.3. The number of ether oxygens (including phenoxy) is 1. The number of esters is 1. The molecule has 0 aliphatic heterocycles. The van der Waals surface area contributed by atoms with Gasteiger partial charge in [-0.1, -0.05) is 52.0 Å². The van der Waals surface area contributed by atoms with E-state index in [0.29, 0.717) is 6.04 Å². The van der Waals surface area contributed by atoms with Crippen molar-refractivity contribution in [1.29, 1.82) is 0 Å².